The van der Waals surface area contributed by atoms with Crippen LogP contribution in [0.3, 0.4) is 0 Å². The number of hydrogen-bond donors (Lipinski definition) is 5. The largest absolute Gasteiger partial charge is 0.463 e. The first kappa shape index (κ1) is 30.0. The lowest BCUT2D eigenvalue weighted by Gasteiger charge is -2.25. The fraction of sp³-hybridized carbons (Fsp3) is 0.875. The summed E-state index contributed by atoms with van der Waals surface area (Å²) in [4.78, 5) is 11.7. The minimum Gasteiger partial charge on any atom is -0.463 e. The van der Waals surface area contributed by atoms with Gasteiger partial charge >= 0.3 is 5.97 Å². The first-order valence-electron chi connectivity index (χ1n) is 12.1. The van der Waals surface area contributed by atoms with Crippen molar-refractivity contribution < 1.29 is 35.1 Å². The summed E-state index contributed by atoms with van der Waals surface area (Å²) in [5.74, 6) is -0.471. The second-order valence-electron chi connectivity index (χ2n) is 8.32. The van der Waals surface area contributed by atoms with Gasteiger partial charge in [0.25, 0.3) is 0 Å². The number of aliphatic hydroxyl groups excluding tert-OH is 5. The summed E-state index contributed by atoms with van der Waals surface area (Å²) < 4.78 is 4.89. The molecule has 0 aliphatic carbocycles. The van der Waals surface area contributed by atoms with Gasteiger partial charge in [0.1, 0.15) is 31.0 Å². The van der Waals surface area contributed by atoms with Crippen LogP contribution >= 0.6 is 0 Å². The van der Waals surface area contributed by atoms with E-state index in [1.54, 1.807) is 0 Å². The van der Waals surface area contributed by atoms with Crippen molar-refractivity contribution >= 4 is 5.97 Å². The Labute approximate surface area is 188 Å². The van der Waals surface area contributed by atoms with Gasteiger partial charge in [-0.2, -0.15) is 0 Å². The van der Waals surface area contributed by atoms with E-state index >= 15 is 0 Å². The lowest BCUT2D eigenvalue weighted by atomic mass is 10.0. The number of carbonyl (C=O) groups is 1. The molecular formula is C24H46O7. The van der Waals surface area contributed by atoms with Crippen molar-refractivity contribution in [2.24, 2.45) is 0 Å². The number of ether oxygens (including phenoxy) is 1. The second kappa shape index (κ2) is 20.9. The summed E-state index contributed by atoms with van der Waals surface area (Å²) in [5, 5.41) is 46.8. The highest BCUT2D eigenvalue weighted by atomic mass is 16.5. The Hall–Kier alpha value is -0.990. The van der Waals surface area contributed by atoms with Crippen LogP contribution in [-0.2, 0) is 9.53 Å². The number of allylic oxidation sites excluding steroid dienone is 2. The van der Waals surface area contributed by atoms with Gasteiger partial charge in [-0.05, 0) is 32.1 Å². The van der Waals surface area contributed by atoms with Crippen LogP contribution in [0.4, 0.5) is 0 Å². The number of aliphatic hydroxyl groups is 5. The van der Waals surface area contributed by atoms with E-state index in [1.807, 2.05) is 0 Å². The van der Waals surface area contributed by atoms with Gasteiger partial charge in [0, 0.05) is 6.42 Å². The van der Waals surface area contributed by atoms with E-state index in [1.165, 1.54) is 44.9 Å². The first-order chi connectivity index (χ1) is 14.9. The molecule has 0 bridgehead atoms. The molecule has 0 rings (SSSR count). The van der Waals surface area contributed by atoms with E-state index in [0.717, 1.165) is 32.1 Å². The SMILES string of the molecule is CCCCCCCC/C=C\CCCCCCCC(=O)OC[C@@H](O)[C@@H](O)[C@H](O)[C@@H](O)CO. The smallest absolute Gasteiger partial charge is 0.305 e. The Morgan fingerprint density at radius 3 is 1.77 bits per heavy atom. The highest BCUT2D eigenvalue weighted by Crippen LogP contribution is 2.11. The fourth-order valence-electron chi connectivity index (χ4n) is 3.25. The summed E-state index contributed by atoms with van der Waals surface area (Å²) in [6, 6.07) is 0. The molecule has 0 aliphatic rings. The maximum Gasteiger partial charge on any atom is 0.305 e. The zero-order valence-corrected chi connectivity index (χ0v) is 19.3. The molecule has 0 unspecified atom stereocenters. The molecule has 0 heterocycles. The van der Waals surface area contributed by atoms with Gasteiger partial charge in [-0.25, -0.2) is 0 Å². The number of esters is 1. The highest BCUT2D eigenvalue weighted by molar-refractivity contribution is 5.69. The van der Waals surface area contributed by atoms with Crippen molar-refractivity contribution in [3.8, 4) is 0 Å². The fourth-order valence-corrected chi connectivity index (χ4v) is 3.25. The van der Waals surface area contributed by atoms with Crippen LogP contribution in [0.15, 0.2) is 12.2 Å². The lowest BCUT2D eigenvalue weighted by molar-refractivity contribution is -0.156. The summed E-state index contributed by atoms with van der Waals surface area (Å²) >= 11 is 0. The molecule has 4 atom stereocenters. The molecule has 184 valence electrons. The number of unbranched alkanes of at least 4 members (excludes halogenated alkanes) is 11. The standard InChI is InChI=1S/C24H46O7/c1-2-3-4-5-6-7-8-9-10-11-12-13-14-15-16-17-22(28)31-19-21(27)24(30)23(29)20(26)18-25/h9-10,20-21,23-27,29-30H,2-8,11-19H2,1H3/b10-9-/t20-,21+,23+,24+/m0/s1. The van der Waals surface area contributed by atoms with Crippen LogP contribution in [0.25, 0.3) is 0 Å². The maximum atomic E-state index is 11.7. The Kier molecular flexibility index (Phi) is 20.2. The minimum atomic E-state index is -1.72. The topological polar surface area (TPSA) is 127 Å². The summed E-state index contributed by atoms with van der Waals surface area (Å²) in [5.41, 5.74) is 0. The summed E-state index contributed by atoms with van der Waals surface area (Å²) in [6.07, 6.45) is 13.5. The third-order valence-electron chi connectivity index (χ3n) is 5.38. The van der Waals surface area contributed by atoms with Crippen LogP contribution in [0.5, 0.6) is 0 Å². The monoisotopic (exact) mass is 446 g/mol. The van der Waals surface area contributed by atoms with Crippen LogP contribution in [0.2, 0.25) is 0 Å². The molecule has 0 radical (unpaired) electrons. The molecule has 0 aliphatic heterocycles. The zero-order valence-electron chi connectivity index (χ0n) is 19.3. The number of carbonyl (C=O) groups excluding carboxylic acids is 1. The third-order valence-corrected chi connectivity index (χ3v) is 5.38. The lowest BCUT2D eigenvalue weighted by Crippen LogP contribution is -2.47. The third kappa shape index (κ3) is 17.3. The zero-order chi connectivity index (χ0) is 23.3. The molecule has 0 fully saturated rings. The summed E-state index contributed by atoms with van der Waals surface area (Å²) in [6.45, 7) is 1.02. The molecule has 0 aromatic rings. The van der Waals surface area contributed by atoms with E-state index in [2.05, 4.69) is 19.1 Å². The van der Waals surface area contributed by atoms with Crippen molar-refractivity contribution in [2.75, 3.05) is 13.2 Å². The Morgan fingerprint density at radius 1 is 0.742 bits per heavy atom. The van der Waals surface area contributed by atoms with Crippen LogP contribution in [0, 0.1) is 0 Å². The van der Waals surface area contributed by atoms with E-state index in [-0.39, 0.29) is 6.42 Å². The molecule has 7 heteroatoms. The van der Waals surface area contributed by atoms with Crippen LogP contribution in [-0.4, -0.2) is 69.1 Å². The predicted octanol–water partition coefficient (Wildman–Crippen LogP) is 3.00. The molecule has 0 spiro atoms. The van der Waals surface area contributed by atoms with E-state index < -0.39 is 43.6 Å². The average molecular weight is 447 g/mol. The molecule has 31 heavy (non-hydrogen) atoms. The van der Waals surface area contributed by atoms with Crippen molar-refractivity contribution in [3.63, 3.8) is 0 Å². The average Bonchev–Trinajstić information content (AvgIpc) is 2.78. The van der Waals surface area contributed by atoms with Gasteiger partial charge in [-0.1, -0.05) is 70.4 Å². The number of hydrogen-bond acceptors (Lipinski definition) is 7. The molecule has 0 aromatic carbocycles. The van der Waals surface area contributed by atoms with Crippen molar-refractivity contribution in [2.45, 2.75) is 121 Å². The Bertz CT molecular complexity index is 442. The Balaban J connectivity index is 3.55. The molecule has 0 amide bonds. The van der Waals surface area contributed by atoms with E-state index in [0.29, 0.717) is 6.42 Å². The minimum absolute atomic E-state index is 0.239. The molecule has 0 saturated carbocycles. The molecule has 5 N–H and O–H groups in total. The second-order valence-corrected chi connectivity index (χ2v) is 8.32. The molecule has 7 nitrogen and oxygen atoms in total. The van der Waals surface area contributed by atoms with Gasteiger partial charge in [0.05, 0.1) is 6.61 Å². The normalized spacial score (nSPS) is 15.7. The van der Waals surface area contributed by atoms with Gasteiger partial charge in [-0.3, -0.25) is 4.79 Å². The van der Waals surface area contributed by atoms with Crippen molar-refractivity contribution in [1.82, 2.24) is 0 Å². The van der Waals surface area contributed by atoms with Crippen LogP contribution < -0.4 is 0 Å². The molecule has 0 aromatic heterocycles. The summed E-state index contributed by atoms with van der Waals surface area (Å²) in [7, 11) is 0. The molecular weight excluding hydrogens is 400 g/mol. The Morgan fingerprint density at radius 2 is 1.23 bits per heavy atom. The van der Waals surface area contributed by atoms with Crippen LogP contribution in [0.1, 0.15) is 96.8 Å². The maximum absolute atomic E-state index is 11.7. The predicted molar refractivity (Wildman–Crippen MR) is 122 cm³/mol. The molecule has 0 saturated heterocycles. The van der Waals surface area contributed by atoms with Crippen molar-refractivity contribution in [3.05, 3.63) is 12.2 Å². The van der Waals surface area contributed by atoms with E-state index in [9.17, 15) is 25.2 Å². The number of rotatable bonds is 21. The quantitative estimate of drug-likeness (QED) is 0.104. The first-order valence-corrected chi connectivity index (χ1v) is 12.1. The highest BCUT2D eigenvalue weighted by Gasteiger charge is 2.30. The van der Waals surface area contributed by atoms with Gasteiger partial charge in [-0.15, -0.1) is 0 Å². The van der Waals surface area contributed by atoms with E-state index in [4.69, 9.17) is 9.84 Å². The van der Waals surface area contributed by atoms with Gasteiger partial charge < -0.3 is 30.3 Å². The van der Waals surface area contributed by atoms with Crippen molar-refractivity contribution in [1.29, 1.82) is 0 Å². The van der Waals surface area contributed by atoms with Gasteiger partial charge in [0.15, 0.2) is 0 Å². The van der Waals surface area contributed by atoms with Gasteiger partial charge in [0.2, 0.25) is 0 Å².